The summed E-state index contributed by atoms with van der Waals surface area (Å²) in [5.74, 6) is 1.20. The van der Waals surface area contributed by atoms with Crippen LogP contribution in [0.1, 0.15) is 32.1 Å². The predicted octanol–water partition coefficient (Wildman–Crippen LogP) is 3.34. The van der Waals surface area contributed by atoms with Gasteiger partial charge in [-0.3, -0.25) is 4.90 Å². The fraction of sp³-hybridized carbons (Fsp3) is 0.632. The summed E-state index contributed by atoms with van der Waals surface area (Å²) < 4.78 is 6.01. The first kappa shape index (κ1) is 16.3. The van der Waals surface area contributed by atoms with Crippen molar-refractivity contribution in [1.82, 2.24) is 14.6 Å². The zero-order chi connectivity index (χ0) is 16.2. The number of fused-ring (bicyclic) bond motifs is 1. The molecule has 2 saturated heterocycles. The van der Waals surface area contributed by atoms with Crippen LogP contribution in [0.4, 0.5) is 5.82 Å². The third-order valence-electron chi connectivity index (χ3n) is 5.49. The molecule has 130 valence electrons. The quantitative estimate of drug-likeness (QED) is 0.922. The number of piperazine rings is 1. The number of benzene rings is 1. The second-order valence-corrected chi connectivity index (χ2v) is 7.93. The minimum absolute atomic E-state index is 0.744. The van der Waals surface area contributed by atoms with Gasteiger partial charge in [0, 0.05) is 37.6 Å². The van der Waals surface area contributed by atoms with Crippen LogP contribution >= 0.6 is 11.5 Å². The van der Waals surface area contributed by atoms with Crippen LogP contribution in [0.2, 0.25) is 0 Å². The molecule has 4 nitrogen and oxygen atoms in total. The average molecular weight is 345 g/mol. The van der Waals surface area contributed by atoms with Crippen LogP contribution < -0.4 is 10.2 Å². The molecule has 2 aromatic rings. The molecule has 0 unspecified atom stereocenters. The Hall–Kier alpha value is -1.17. The molecular formula is C19H28N4S. The molecule has 1 aromatic carbocycles. The smallest absolute Gasteiger partial charge is 0.150 e. The standard InChI is InChI=1S/C19H28N4S/c1-2-6-16(20-10-5-1)9-11-22-12-14-23(15-13-22)19-17-7-3-4-8-18(17)24-21-19/h3-4,7-8,16,20H,1-2,5-6,9-15H2/t16-/m0/s1. The van der Waals surface area contributed by atoms with Crippen molar-refractivity contribution in [1.29, 1.82) is 0 Å². The van der Waals surface area contributed by atoms with Gasteiger partial charge in [0.25, 0.3) is 0 Å². The van der Waals surface area contributed by atoms with E-state index in [1.54, 1.807) is 11.5 Å². The average Bonchev–Trinajstić information content (AvgIpc) is 2.88. The fourth-order valence-corrected chi connectivity index (χ4v) is 4.77. The van der Waals surface area contributed by atoms with Crippen molar-refractivity contribution in [3.8, 4) is 0 Å². The van der Waals surface area contributed by atoms with E-state index in [4.69, 9.17) is 4.37 Å². The first-order chi connectivity index (χ1) is 11.9. The van der Waals surface area contributed by atoms with E-state index in [-0.39, 0.29) is 0 Å². The number of nitrogens with one attached hydrogen (secondary N) is 1. The Balaban J connectivity index is 1.29. The zero-order valence-corrected chi connectivity index (χ0v) is 15.2. The summed E-state index contributed by atoms with van der Waals surface area (Å²) in [6, 6.07) is 9.35. The number of aromatic nitrogens is 1. The highest BCUT2D eigenvalue weighted by atomic mass is 32.1. The minimum atomic E-state index is 0.744. The van der Waals surface area contributed by atoms with Gasteiger partial charge < -0.3 is 10.2 Å². The Labute approximate surface area is 149 Å². The highest BCUT2D eigenvalue weighted by Crippen LogP contribution is 2.29. The summed E-state index contributed by atoms with van der Waals surface area (Å²) in [7, 11) is 0. The van der Waals surface area contributed by atoms with Gasteiger partial charge in [-0.05, 0) is 56.0 Å². The van der Waals surface area contributed by atoms with Gasteiger partial charge in [-0.2, -0.15) is 4.37 Å². The molecule has 0 amide bonds. The van der Waals surface area contributed by atoms with E-state index in [2.05, 4.69) is 39.4 Å². The summed E-state index contributed by atoms with van der Waals surface area (Å²) in [5.41, 5.74) is 0. The molecule has 0 bridgehead atoms. The van der Waals surface area contributed by atoms with Crippen LogP contribution in [0.15, 0.2) is 24.3 Å². The highest BCUT2D eigenvalue weighted by Gasteiger charge is 2.21. The molecule has 0 radical (unpaired) electrons. The van der Waals surface area contributed by atoms with Gasteiger partial charge in [-0.25, -0.2) is 0 Å². The number of hydrogen-bond donors (Lipinski definition) is 1. The van der Waals surface area contributed by atoms with Crippen molar-refractivity contribution in [3.63, 3.8) is 0 Å². The van der Waals surface area contributed by atoms with E-state index in [1.165, 1.54) is 74.2 Å². The van der Waals surface area contributed by atoms with E-state index in [0.717, 1.165) is 19.1 Å². The highest BCUT2D eigenvalue weighted by molar-refractivity contribution is 7.13. The monoisotopic (exact) mass is 344 g/mol. The Kier molecular flexibility index (Phi) is 5.30. The van der Waals surface area contributed by atoms with Crippen LogP contribution in [0, 0.1) is 0 Å². The number of rotatable bonds is 4. The van der Waals surface area contributed by atoms with Crippen LogP contribution in [0.3, 0.4) is 0 Å². The number of nitrogens with zero attached hydrogens (tertiary/aromatic N) is 3. The third-order valence-corrected chi connectivity index (χ3v) is 6.30. The Morgan fingerprint density at radius 1 is 1.08 bits per heavy atom. The van der Waals surface area contributed by atoms with E-state index in [9.17, 15) is 0 Å². The fourth-order valence-electron chi connectivity index (χ4n) is 3.97. The van der Waals surface area contributed by atoms with Crippen molar-refractivity contribution >= 4 is 27.4 Å². The second-order valence-electron chi connectivity index (χ2n) is 7.12. The maximum absolute atomic E-state index is 4.71. The van der Waals surface area contributed by atoms with E-state index < -0.39 is 0 Å². The van der Waals surface area contributed by atoms with Gasteiger partial charge in [0.05, 0.1) is 4.70 Å². The molecule has 0 aliphatic carbocycles. The molecule has 1 aromatic heterocycles. The lowest BCUT2D eigenvalue weighted by atomic mass is 10.1. The van der Waals surface area contributed by atoms with E-state index in [1.807, 2.05) is 0 Å². The van der Waals surface area contributed by atoms with Crippen LogP contribution in [0.25, 0.3) is 10.1 Å². The van der Waals surface area contributed by atoms with E-state index >= 15 is 0 Å². The SMILES string of the molecule is c1ccc2c(N3CCN(CC[C@@H]4CCCCCN4)CC3)nsc2c1. The van der Waals surface area contributed by atoms with Crippen molar-refractivity contribution in [2.24, 2.45) is 0 Å². The Bertz CT molecular complexity index is 640. The van der Waals surface area contributed by atoms with Crippen molar-refractivity contribution in [2.45, 2.75) is 38.1 Å². The van der Waals surface area contributed by atoms with Crippen molar-refractivity contribution < 1.29 is 0 Å². The molecule has 2 aliphatic rings. The molecule has 2 aliphatic heterocycles. The van der Waals surface area contributed by atoms with Crippen LogP contribution in [-0.4, -0.2) is 54.6 Å². The molecule has 0 spiro atoms. The summed E-state index contributed by atoms with van der Waals surface area (Å²) in [5, 5.41) is 5.04. The molecule has 24 heavy (non-hydrogen) atoms. The van der Waals surface area contributed by atoms with Gasteiger partial charge >= 0.3 is 0 Å². The van der Waals surface area contributed by atoms with Gasteiger partial charge in [0.15, 0.2) is 0 Å². The van der Waals surface area contributed by atoms with Crippen LogP contribution in [0.5, 0.6) is 0 Å². The zero-order valence-electron chi connectivity index (χ0n) is 14.4. The third kappa shape index (κ3) is 3.73. The number of anilines is 1. The molecular weight excluding hydrogens is 316 g/mol. The largest absolute Gasteiger partial charge is 0.353 e. The molecule has 5 heteroatoms. The Morgan fingerprint density at radius 3 is 2.88 bits per heavy atom. The van der Waals surface area contributed by atoms with Gasteiger partial charge in [-0.15, -0.1) is 0 Å². The summed E-state index contributed by atoms with van der Waals surface area (Å²) in [6.45, 7) is 6.99. The predicted molar refractivity (Wildman–Crippen MR) is 103 cm³/mol. The van der Waals surface area contributed by atoms with Gasteiger partial charge in [0.2, 0.25) is 0 Å². The first-order valence-electron chi connectivity index (χ1n) is 9.45. The maximum Gasteiger partial charge on any atom is 0.150 e. The van der Waals surface area contributed by atoms with Crippen molar-refractivity contribution in [2.75, 3.05) is 44.2 Å². The first-order valence-corrected chi connectivity index (χ1v) is 10.2. The topological polar surface area (TPSA) is 31.4 Å². The molecule has 2 fully saturated rings. The molecule has 1 atom stereocenters. The van der Waals surface area contributed by atoms with Gasteiger partial charge in [0.1, 0.15) is 5.82 Å². The lowest BCUT2D eigenvalue weighted by molar-refractivity contribution is 0.241. The van der Waals surface area contributed by atoms with Crippen molar-refractivity contribution in [3.05, 3.63) is 24.3 Å². The second kappa shape index (κ2) is 7.81. The minimum Gasteiger partial charge on any atom is -0.353 e. The lowest BCUT2D eigenvalue weighted by Gasteiger charge is -2.35. The Morgan fingerprint density at radius 2 is 1.96 bits per heavy atom. The summed E-state index contributed by atoms with van der Waals surface area (Å²) in [4.78, 5) is 5.11. The normalized spacial score (nSPS) is 23.5. The van der Waals surface area contributed by atoms with Gasteiger partial charge in [-0.1, -0.05) is 25.0 Å². The lowest BCUT2D eigenvalue weighted by Crippen LogP contribution is -2.47. The van der Waals surface area contributed by atoms with E-state index in [0.29, 0.717) is 0 Å². The maximum atomic E-state index is 4.71. The molecule has 0 saturated carbocycles. The molecule has 3 heterocycles. The number of hydrogen-bond acceptors (Lipinski definition) is 5. The molecule has 1 N–H and O–H groups in total. The summed E-state index contributed by atoms with van der Waals surface area (Å²) in [6.07, 6.45) is 6.84. The van der Waals surface area contributed by atoms with Crippen LogP contribution in [-0.2, 0) is 0 Å². The molecule has 4 rings (SSSR count). The summed E-state index contributed by atoms with van der Waals surface area (Å²) >= 11 is 1.63.